The molecule has 86 valence electrons. The Balaban J connectivity index is 2.82. The summed E-state index contributed by atoms with van der Waals surface area (Å²) in [7, 11) is 0. The summed E-state index contributed by atoms with van der Waals surface area (Å²) >= 11 is 7.67. The van der Waals surface area contributed by atoms with E-state index in [1.54, 1.807) is 11.3 Å². The maximum absolute atomic E-state index is 6.07. The summed E-state index contributed by atoms with van der Waals surface area (Å²) in [6.45, 7) is 4.73. The third-order valence-corrected chi connectivity index (χ3v) is 3.70. The van der Waals surface area contributed by atoms with Crippen LogP contribution in [0.2, 0.25) is 5.02 Å². The van der Waals surface area contributed by atoms with Crippen LogP contribution >= 0.6 is 22.9 Å². The molecule has 2 unspecified atom stereocenters. The second kappa shape index (κ2) is 6.45. The van der Waals surface area contributed by atoms with Gasteiger partial charge in [0.2, 0.25) is 0 Å². The lowest BCUT2D eigenvalue weighted by Gasteiger charge is -2.24. The lowest BCUT2D eigenvalue weighted by molar-refractivity contribution is 0.0323. The van der Waals surface area contributed by atoms with E-state index >= 15 is 0 Å². The summed E-state index contributed by atoms with van der Waals surface area (Å²) in [6, 6.07) is 1.85. The molecule has 0 fully saturated rings. The van der Waals surface area contributed by atoms with Crippen LogP contribution in [-0.4, -0.2) is 12.7 Å². The topological polar surface area (TPSA) is 47.3 Å². The first-order chi connectivity index (χ1) is 7.24. The van der Waals surface area contributed by atoms with Crippen molar-refractivity contribution < 1.29 is 4.74 Å². The first kappa shape index (κ1) is 12.9. The Hall–Kier alpha value is -0.130. The van der Waals surface area contributed by atoms with Crippen LogP contribution in [0.4, 0.5) is 0 Å². The smallest absolute Gasteiger partial charge is 0.0829 e. The lowest BCUT2D eigenvalue weighted by atomic mass is 10.1. The van der Waals surface area contributed by atoms with Crippen LogP contribution in [-0.2, 0) is 4.74 Å². The minimum Gasteiger partial charge on any atom is -0.376 e. The van der Waals surface area contributed by atoms with Crippen molar-refractivity contribution in [2.45, 2.75) is 32.4 Å². The van der Waals surface area contributed by atoms with Crippen molar-refractivity contribution >= 4 is 22.9 Å². The van der Waals surface area contributed by atoms with Crippen LogP contribution < -0.4 is 11.3 Å². The molecule has 2 atom stereocenters. The maximum Gasteiger partial charge on any atom is 0.0829 e. The summed E-state index contributed by atoms with van der Waals surface area (Å²) in [5.74, 6) is 5.56. The molecule has 15 heavy (non-hydrogen) atoms. The highest BCUT2D eigenvalue weighted by Gasteiger charge is 2.24. The number of rotatable bonds is 6. The third kappa shape index (κ3) is 3.16. The van der Waals surface area contributed by atoms with Gasteiger partial charge >= 0.3 is 0 Å². The summed E-state index contributed by atoms with van der Waals surface area (Å²) in [5, 5.41) is 2.71. The molecule has 1 aromatic rings. The molecule has 1 rings (SSSR count). The molecular weight excluding hydrogens is 232 g/mol. The van der Waals surface area contributed by atoms with Gasteiger partial charge in [-0.2, -0.15) is 0 Å². The standard InChI is InChI=1S/C10H17ClN2OS/c1-3-8(14-4-2)9(13-12)10-7(11)5-6-15-10/h5-6,8-9,13H,3-4,12H2,1-2H3. The molecule has 1 heterocycles. The van der Waals surface area contributed by atoms with Crippen molar-refractivity contribution in [2.75, 3.05) is 6.61 Å². The molecule has 0 aliphatic rings. The van der Waals surface area contributed by atoms with E-state index in [1.165, 1.54) is 0 Å². The number of hydrogen-bond donors (Lipinski definition) is 2. The molecule has 0 aliphatic carbocycles. The fourth-order valence-corrected chi connectivity index (χ4v) is 2.83. The first-order valence-electron chi connectivity index (χ1n) is 5.05. The fraction of sp³-hybridized carbons (Fsp3) is 0.600. The second-order valence-electron chi connectivity index (χ2n) is 3.18. The molecule has 3 N–H and O–H groups in total. The predicted molar refractivity (Wildman–Crippen MR) is 65.1 cm³/mol. The van der Waals surface area contributed by atoms with E-state index in [0.717, 1.165) is 16.3 Å². The summed E-state index contributed by atoms with van der Waals surface area (Å²) in [4.78, 5) is 1.04. The van der Waals surface area contributed by atoms with Crippen molar-refractivity contribution in [3.8, 4) is 0 Å². The van der Waals surface area contributed by atoms with Gasteiger partial charge in [-0.25, -0.2) is 5.43 Å². The zero-order chi connectivity index (χ0) is 11.3. The van der Waals surface area contributed by atoms with Gasteiger partial charge in [0.05, 0.1) is 17.2 Å². The largest absolute Gasteiger partial charge is 0.376 e. The molecule has 5 heteroatoms. The molecule has 0 radical (unpaired) electrons. The zero-order valence-electron chi connectivity index (χ0n) is 9.00. The Morgan fingerprint density at radius 1 is 1.60 bits per heavy atom. The average Bonchev–Trinajstić information content (AvgIpc) is 2.65. The Morgan fingerprint density at radius 2 is 2.33 bits per heavy atom. The van der Waals surface area contributed by atoms with Gasteiger partial charge in [0.1, 0.15) is 0 Å². The normalized spacial score (nSPS) is 15.2. The molecule has 0 spiro atoms. The molecule has 1 aromatic heterocycles. The van der Waals surface area contributed by atoms with Crippen molar-refractivity contribution in [1.82, 2.24) is 5.43 Å². The summed E-state index contributed by atoms with van der Waals surface area (Å²) in [6.07, 6.45) is 0.966. The highest BCUT2D eigenvalue weighted by Crippen LogP contribution is 2.32. The SMILES string of the molecule is CCOC(CC)C(NN)c1sccc1Cl. The molecule has 0 amide bonds. The van der Waals surface area contributed by atoms with Crippen molar-refractivity contribution in [3.05, 3.63) is 21.3 Å². The zero-order valence-corrected chi connectivity index (χ0v) is 10.6. The van der Waals surface area contributed by atoms with Gasteiger partial charge < -0.3 is 4.74 Å². The van der Waals surface area contributed by atoms with Gasteiger partial charge in [-0.05, 0) is 24.8 Å². The number of halogens is 1. The number of nitrogens with two attached hydrogens (primary N) is 1. The number of hydrogen-bond acceptors (Lipinski definition) is 4. The van der Waals surface area contributed by atoms with E-state index in [2.05, 4.69) is 12.3 Å². The number of ether oxygens (including phenoxy) is 1. The maximum atomic E-state index is 6.07. The molecular formula is C10H17ClN2OS. The Bertz CT molecular complexity index is 293. The molecule has 0 saturated carbocycles. The molecule has 0 bridgehead atoms. The average molecular weight is 249 g/mol. The van der Waals surface area contributed by atoms with Gasteiger partial charge in [-0.3, -0.25) is 5.84 Å². The van der Waals surface area contributed by atoms with Gasteiger partial charge in [0, 0.05) is 11.5 Å². The first-order valence-corrected chi connectivity index (χ1v) is 6.30. The molecule has 3 nitrogen and oxygen atoms in total. The van der Waals surface area contributed by atoms with Crippen molar-refractivity contribution in [1.29, 1.82) is 0 Å². The van der Waals surface area contributed by atoms with Crippen molar-refractivity contribution in [3.63, 3.8) is 0 Å². The van der Waals surface area contributed by atoms with E-state index in [0.29, 0.717) is 6.61 Å². The minimum absolute atomic E-state index is 0.0255. The quantitative estimate of drug-likeness (QED) is 0.601. The Labute approximate surface area is 99.5 Å². The van der Waals surface area contributed by atoms with Crippen LogP contribution in [0.1, 0.15) is 31.2 Å². The van der Waals surface area contributed by atoms with Crippen LogP contribution in [0.3, 0.4) is 0 Å². The van der Waals surface area contributed by atoms with Crippen LogP contribution in [0.5, 0.6) is 0 Å². The predicted octanol–water partition coefficient (Wildman–Crippen LogP) is 2.72. The molecule has 0 aliphatic heterocycles. The monoisotopic (exact) mass is 248 g/mol. The fourth-order valence-electron chi connectivity index (χ4n) is 1.54. The second-order valence-corrected chi connectivity index (χ2v) is 4.53. The highest BCUT2D eigenvalue weighted by molar-refractivity contribution is 7.10. The van der Waals surface area contributed by atoms with Gasteiger partial charge in [0.15, 0.2) is 0 Å². The van der Waals surface area contributed by atoms with Crippen LogP contribution in [0.15, 0.2) is 11.4 Å². The number of hydrazine groups is 1. The highest BCUT2D eigenvalue weighted by atomic mass is 35.5. The van der Waals surface area contributed by atoms with E-state index in [-0.39, 0.29) is 12.1 Å². The summed E-state index contributed by atoms with van der Waals surface area (Å²) in [5.41, 5.74) is 2.78. The lowest BCUT2D eigenvalue weighted by Crippen LogP contribution is -2.37. The third-order valence-electron chi connectivity index (χ3n) is 2.26. The van der Waals surface area contributed by atoms with E-state index < -0.39 is 0 Å². The minimum atomic E-state index is -0.0255. The van der Waals surface area contributed by atoms with E-state index in [9.17, 15) is 0 Å². The van der Waals surface area contributed by atoms with Crippen LogP contribution in [0.25, 0.3) is 0 Å². The van der Waals surface area contributed by atoms with Gasteiger partial charge in [0.25, 0.3) is 0 Å². The molecule has 0 saturated heterocycles. The van der Waals surface area contributed by atoms with Crippen LogP contribution in [0, 0.1) is 0 Å². The van der Waals surface area contributed by atoms with Crippen molar-refractivity contribution in [2.24, 2.45) is 5.84 Å². The number of thiophene rings is 1. The molecule has 0 aromatic carbocycles. The van der Waals surface area contributed by atoms with E-state index in [1.807, 2.05) is 18.4 Å². The Kier molecular flexibility index (Phi) is 5.56. The van der Waals surface area contributed by atoms with E-state index in [4.69, 9.17) is 22.2 Å². The number of nitrogens with one attached hydrogen (secondary N) is 1. The Morgan fingerprint density at radius 3 is 2.73 bits per heavy atom. The van der Waals surface area contributed by atoms with Gasteiger partial charge in [-0.15, -0.1) is 11.3 Å². The van der Waals surface area contributed by atoms with Gasteiger partial charge in [-0.1, -0.05) is 18.5 Å². The summed E-state index contributed by atoms with van der Waals surface area (Å²) < 4.78 is 5.63.